The van der Waals surface area contributed by atoms with Crippen LogP contribution in [0.5, 0.6) is 0 Å². The maximum Gasteiger partial charge on any atom is 0.278 e. The molecule has 1 aromatic carbocycles. The Morgan fingerprint density at radius 1 is 1.03 bits per heavy atom. The van der Waals surface area contributed by atoms with Crippen molar-refractivity contribution < 1.29 is 9.32 Å². The molecule has 8 nitrogen and oxygen atoms in total. The van der Waals surface area contributed by atoms with Crippen molar-refractivity contribution in [3.63, 3.8) is 0 Å². The maximum atomic E-state index is 12.7. The molecule has 29 heavy (non-hydrogen) atoms. The van der Waals surface area contributed by atoms with Gasteiger partial charge in [-0.1, -0.05) is 40.5 Å². The molecule has 0 bridgehead atoms. The molecule has 0 radical (unpaired) electrons. The zero-order chi connectivity index (χ0) is 20.4. The maximum absolute atomic E-state index is 12.7. The van der Waals surface area contributed by atoms with Crippen molar-refractivity contribution in [2.24, 2.45) is 0 Å². The Morgan fingerprint density at radius 2 is 1.66 bits per heavy atom. The number of aryl methyl sites for hydroxylation is 1. The lowest BCUT2D eigenvalue weighted by Gasteiger charge is -2.07. The van der Waals surface area contributed by atoms with Crippen LogP contribution < -0.4 is 5.32 Å². The molecule has 148 valence electrons. The lowest BCUT2D eigenvalue weighted by molar-refractivity contribution is 0.101. The number of anilines is 1. The predicted octanol–water partition coefficient (Wildman–Crippen LogP) is 4.03. The standard InChI is InChI=1S/C19H16Cl2N6O2/c1-12-17(11-27-10-15(21)7-23-27)18(25-29-12)19(28)24-16-4-2-13(3-5-16)8-26-9-14(20)6-22-26/h2-7,9-10H,8,11H2,1H3,(H,24,28). The molecule has 1 amide bonds. The number of amides is 1. The third kappa shape index (κ3) is 4.49. The Kier molecular flexibility index (Phi) is 5.37. The number of hydrogen-bond donors (Lipinski definition) is 1. The van der Waals surface area contributed by atoms with Gasteiger partial charge in [-0.2, -0.15) is 10.2 Å². The van der Waals surface area contributed by atoms with Gasteiger partial charge in [0.2, 0.25) is 0 Å². The highest BCUT2D eigenvalue weighted by Crippen LogP contribution is 2.19. The number of benzene rings is 1. The fraction of sp³-hybridized carbons (Fsp3) is 0.158. The van der Waals surface area contributed by atoms with Crippen LogP contribution >= 0.6 is 23.2 Å². The lowest BCUT2D eigenvalue weighted by atomic mass is 10.1. The van der Waals surface area contributed by atoms with Crippen molar-refractivity contribution >= 4 is 34.8 Å². The predicted molar refractivity (Wildman–Crippen MR) is 108 cm³/mol. The molecule has 3 heterocycles. The van der Waals surface area contributed by atoms with Crippen LogP contribution in [0.25, 0.3) is 0 Å². The number of nitrogens with one attached hydrogen (secondary N) is 1. The van der Waals surface area contributed by atoms with Gasteiger partial charge in [-0.05, 0) is 24.6 Å². The fourth-order valence-corrected chi connectivity index (χ4v) is 3.15. The summed E-state index contributed by atoms with van der Waals surface area (Å²) in [6.07, 6.45) is 6.54. The van der Waals surface area contributed by atoms with Crippen LogP contribution in [0.1, 0.15) is 27.4 Å². The van der Waals surface area contributed by atoms with E-state index in [1.54, 1.807) is 34.9 Å². The quantitative estimate of drug-likeness (QED) is 0.498. The van der Waals surface area contributed by atoms with E-state index in [0.717, 1.165) is 5.56 Å². The van der Waals surface area contributed by atoms with E-state index in [4.69, 9.17) is 27.7 Å². The van der Waals surface area contributed by atoms with Crippen LogP contribution in [0.15, 0.2) is 53.6 Å². The summed E-state index contributed by atoms with van der Waals surface area (Å²) in [5.41, 5.74) is 2.53. The summed E-state index contributed by atoms with van der Waals surface area (Å²) in [6, 6.07) is 7.45. The Labute approximate surface area is 176 Å². The minimum absolute atomic E-state index is 0.212. The highest BCUT2D eigenvalue weighted by molar-refractivity contribution is 6.30. The van der Waals surface area contributed by atoms with Crippen molar-refractivity contribution in [2.75, 3.05) is 5.32 Å². The van der Waals surface area contributed by atoms with Crippen LogP contribution in [0.2, 0.25) is 10.0 Å². The van der Waals surface area contributed by atoms with Gasteiger partial charge in [-0.3, -0.25) is 14.2 Å². The zero-order valence-corrected chi connectivity index (χ0v) is 16.9. The van der Waals surface area contributed by atoms with E-state index in [9.17, 15) is 4.79 Å². The SMILES string of the molecule is Cc1onc(C(=O)Nc2ccc(Cn3cc(Cl)cn3)cc2)c1Cn1cc(Cl)cn1. The molecule has 0 unspecified atom stereocenters. The molecule has 3 aromatic heterocycles. The molecule has 0 spiro atoms. The molecule has 0 aliphatic carbocycles. The first-order valence-corrected chi connectivity index (χ1v) is 9.45. The first kappa shape index (κ1) is 19.2. The summed E-state index contributed by atoms with van der Waals surface area (Å²) in [6.45, 7) is 2.66. The Hall–Kier alpha value is -3.10. The second-order valence-electron chi connectivity index (χ2n) is 6.43. The van der Waals surface area contributed by atoms with Crippen molar-refractivity contribution in [2.45, 2.75) is 20.0 Å². The molecule has 0 saturated heterocycles. The third-order valence-electron chi connectivity index (χ3n) is 4.28. The van der Waals surface area contributed by atoms with Crippen LogP contribution in [0.3, 0.4) is 0 Å². The molecule has 0 aliphatic heterocycles. The average Bonchev–Trinajstić information content (AvgIpc) is 3.39. The van der Waals surface area contributed by atoms with Gasteiger partial charge in [0.05, 0.1) is 35.5 Å². The number of carbonyl (C=O) groups is 1. The number of carbonyl (C=O) groups excluding carboxylic acids is 1. The molecule has 4 aromatic rings. The monoisotopic (exact) mass is 430 g/mol. The summed E-state index contributed by atoms with van der Waals surface area (Å²) < 4.78 is 8.57. The summed E-state index contributed by atoms with van der Waals surface area (Å²) in [4.78, 5) is 12.7. The topological polar surface area (TPSA) is 90.8 Å². The van der Waals surface area contributed by atoms with E-state index in [2.05, 4.69) is 20.7 Å². The molecule has 10 heteroatoms. The molecule has 0 atom stereocenters. The van der Waals surface area contributed by atoms with Gasteiger partial charge in [0.25, 0.3) is 5.91 Å². The summed E-state index contributed by atoms with van der Waals surface area (Å²) in [7, 11) is 0. The second kappa shape index (κ2) is 8.10. The van der Waals surface area contributed by atoms with Crippen molar-refractivity contribution in [3.05, 3.63) is 81.7 Å². The second-order valence-corrected chi connectivity index (χ2v) is 7.30. The molecular formula is C19H16Cl2N6O2. The number of halogens is 2. The van der Waals surface area contributed by atoms with Crippen LogP contribution in [-0.4, -0.2) is 30.6 Å². The van der Waals surface area contributed by atoms with E-state index in [0.29, 0.717) is 40.1 Å². The molecule has 0 saturated carbocycles. The number of rotatable bonds is 6. The Balaban J connectivity index is 1.45. The average molecular weight is 431 g/mol. The molecule has 1 N–H and O–H groups in total. The van der Waals surface area contributed by atoms with Crippen LogP contribution in [0, 0.1) is 6.92 Å². The van der Waals surface area contributed by atoms with Crippen molar-refractivity contribution in [1.29, 1.82) is 0 Å². The van der Waals surface area contributed by atoms with E-state index in [1.165, 1.54) is 6.20 Å². The van der Waals surface area contributed by atoms with Gasteiger partial charge in [-0.15, -0.1) is 0 Å². The van der Waals surface area contributed by atoms with Gasteiger partial charge in [0.15, 0.2) is 5.69 Å². The van der Waals surface area contributed by atoms with Crippen LogP contribution in [0.4, 0.5) is 5.69 Å². The minimum Gasteiger partial charge on any atom is -0.361 e. The lowest BCUT2D eigenvalue weighted by Crippen LogP contribution is -2.16. The molecule has 0 aliphatic rings. The van der Waals surface area contributed by atoms with E-state index < -0.39 is 0 Å². The normalized spacial score (nSPS) is 11.0. The highest BCUT2D eigenvalue weighted by atomic mass is 35.5. The number of nitrogens with zero attached hydrogens (tertiary/aromatic N) is 5. The number of hydrogen-bond acceptors (Lipinski definition) is 5. The van der Waals surface area contributed by atoms with Gasteiger partial charge in [0, 0.05) is 23.6 Å². The van der Waals surface area contributed by atoms with Crippen LogP contribution in [-0.2, 0) is 13.1 Å². The van der Waals surface area contributed by atoms with Gasteiger partial charge in [0.1, 0.15) is 5.76 Å². The molecule has 4 rings (SSSR count). The van der Waals surface area contributed by atoms with Crippen molar-refractivity contribution in [1.82, 2.24) is 24.7 Å². The van der Waals surface area contributed by atoms with E-state index in [-0.39, 0.29) is 11.6 Å². The first-order valence-electron chi connectivity index (χ1n) is 8.69. The van der Waals surface area contributed by atoms with E-state index in [1.807, 2.05) is 24.3 Å². The third-order valence-corrected chi connectivity index (χ3v) is 4.67. The van der Waals surface area contributed by atoms with Crippen molar-refractivity contribution in [3.8, 4) is 0 Å². The zero-order valence-electron chi connectivity index (χ0n) is 15.3. The minimum atomic E-state index is -0.360. The molecule has 0 fully saturated rings. The summed E-state index contributed by atoms with van der Waals surface area (Å²) in [5.74, 6) is 0.191. The van der Waals surface area contributed by atoms with Gasteiger partial charge < -0.3 is 9.84 Å². The highest BCUT2D eigenvalue weighted by Gasteiger charge is 2.20. The number of aromatic nitrogens is 5. The fourth-order valence-electron chi connectivity index (χ4n) is 2.84. The van der Waals surface area contributed by atoms with E-state index >= 15 is 0 Å². The smallest absolute Gasteiger partial charge is 0.278 e. The molecular weight excluding hydrogens is 415 g/mol. The van der Waals surface area contributed by atoms with Gasteiger partial charge >= 0.3 is 0 Å². The van der Waals surface area contributed by atoms with Gasteiger partial charge in [-0.25, -0.2) is 0 Å². The summed E-state index contributed by atoms with van der Waals surface area (Å²) in [5, 5.41) is 16.1. The first-order chi connectivity index (χ1) is 14.0. The summed E-state index contributed by atoms with van der Waals surface area (Å²) >= 11 is 11.8. The Morgan fingerprint density at radius 3 is 2.24 bits per heavy atom. The Bertz CT molecular complexity index is 1150. The largest absolute Gasteiger partial charge is 0.361 e.